The number of hydrogen-bond donors (Lipinski definition) is 0. The summed E-state index contributed by atoms with van der Waals surface area (Å²) in [6.07, 6.45) is 0. The number of para-hydroxylation sites is 1. The molecule has 0 saturated carbocycles. The van der Waals surface area contributed by atoms with Gasteiger partial charge in [-0.25, -0.2) is 9.78 Å². The molecule has 0 unspecified atom stereocenters. The normalized spacial score (nSPS) is 11.2. The predicted octanol–water partition coefficient (Wildman–Crippen LogP) is 2.24. The van der Waals surface area contributed by atoms with Gasteiger partial charge in [-0.15, -0.1) is 5.10 Å². The molecule has 4 rings (SSSR count). The molecule has 0 atom stereocenters. The molecule has 0 saturated heterocycles. The van der Waals surface area contributed by atoms with E-state index in [0.29, 0.717) is 28.3 Å². The van der Waals surface area contributed by atoms with E-state index in [1.807, 2.05) is 24.3 Å². The fraction of sp³-hybridized carbons (Fsp3) is 0.158. The molecule has 0 radical (unpaired) electrons. The summed E-state index contributed by atoms with van der Waals surface area (Å²) in [5.74, 6) is 1.01. The van der Waals surface area contributed by atoms with Crippen LogP contribution >= 0.6 is 0 Å². The molecular formula is C19H16N4O3. The molecule has 0 aliphatic rings. The van der Waals surface area contributed by atoms with E-state index in [1.54, 1.807) is 38.3 Å². The number of methoxy groups -OCH3 is 1. The molecule has 0 N–H and O–H groups in total. The van der Waals surface area contributed by atoms with Crippen molar-refractivity contribution in [2.24, 2.45) is 0 Å². The van der Waals surface area contributed by atoms with E-state index >= 15 is 0 Å². The van der Waals surface area contributed by atoms with E-state index in [-0.39, 0.29) is 18.0 Å². The highest BCUT2D eigenvalue weighted by Crippen LogP contribution is 2.18. The molecule has 0 amide bonds. The number of nitrogens with zero attached hydrogens (tertiary/aromatic N) is 4. The van der Waals surface area contributed by atoms with Gasteiger partial charge in [0.25, 0.3) is 0 Å². The largest absolute Gasteiger partial charge is 0.497 e. The Hall–Kier alpha value is -3.48. The molecule has 2 aromatic heterocycles. The van der Waals surface area contributed by atoms with Gasteiger partial charge in [0.1, 0.15) is 11.6 Å². The first kappa shape index (κ1) is 16.0. The molecule has 0 fully saturated rings. The summed E-state index contributed by atoms with van der Waals surface area (Å²) >= 11 is 0. The molecule has 26 heavy (non-hydrogen) atoms. The summed E-state index contributed by atoms with van der Waals surface area (Å²) in [5, 5.41) is 4.94. The van der Waals surface area contributed by atoms with Crippen molar-refractivity contribution in [1.29, 1.82) is 0 Å². The lowest BCUT2D eigenvalue weighted by molar-refractivity contribution is 0.0971. The van der Waals surface area contributed by atoms with Crippen molar-refractivity contribution >= 4 is 22.3 Å². The van der Waals surface area contributed by atoms with Gasteiger partial charge < -0.3 is 4.74 Å². The molecule has 2 aromatic carbocycles. The standard InChI is InChI=1S/C19H16N4O3/c1-12-20-18-15-5-3-4-6-16(15)22(19(25)23(18)21-12)11-17(24)13-7-9-14(26-2)10-8-13/h3-10H,11H2,1-2H3. The summed E-state index contributed by atoms with van der Waals surface area (Å²) in [6.45, 7) is 1.65. The summed E-state index contributed by atoms with van der Waals surface area (Å²) in [6, 6.07) is 14.2. The monoisotopic (exact) mass is 348 g/mol. The van der Waals surface area contributed by atoms with Crippen LogP contribution in [0.15, 0.2) is 53.3 Å². The van der Waals surface area contributed by atoms with Crippen LogP contribution in [0.25, 0.3) is 16.6 Å². The maximum absolute atomic E-state index is 12.9. The highest BCUT2D eigenvalue weighted by atomic mass is 16.5. The highest BCUT2D eigenvalue weighted by molar-refractivity contribution is 5.98. The third-order valence-corrected chi connectivity index (χ3v) is 4.27. The lowest BCUT2D eigenvalue weighted by atomic mass is 10.1. The van der Waals surface area contributed by atoms with Crippen molar-refractivity contribution < 1.29 is 9.53 Å². The zero-order valence-corrected chi connectivity index (χ0v) is 14.3. The van der Waals surface area contributed by atoms with Crippen LogP contribution in [0.5, 0.6) is 5.75 Å². The number of fused-ring (bicyclic) bond motifs is 3. The lowest BCUT2D eigenvalue weighted by Crippen LogP contribution is -2.30. The van der Waals surface area contributed by atoms with E-state index in [9.17, 15) is 9.59 Å². The van der Waals surface area contributed by atoms with Gasteiger partial charge in [0.15, 0.2) is 11.4 Å². The Bertz CT molecular complexity index is 1190. The lowest BCUT2D eigenvalue weighted by Gasteiger charge is -2.10. The molecule has 0 aliphatic carbocycles. The third kappa shape index (κ3) is 2.54. The number of aryl methyl sites for hydroxylation is 1. The Morgan fingerprint density at radius 3 is 2.58 bits per heavy atom. The average molecular weight is 348 g/mol. The number of Topliss-reactive ketones (excluding diaryl/α,β-unsaturated/α-hetero) is 1. The number of aromatic nitrogens is 4. The molecule has 0 aliphatic heterocycles. The quantitative estimate of drug-likeness (QED) is 0.529. The van der Waals surface area contributed by atoms with E-state index in [0.717, 1.165) is 5.39 Å². The van der Waals surface area contributed by atoms with Crippen LogP contribution < -0.4 is 10.4 Å². The van der Waals surface area contributed by atoms with E-state index in [4.69, 9.17) is 4.74 Å². The number of hydrogen-bond acceptors (Lipinski definition) is 5. The average Bonchev–Trinajstić information content (AvgIpc) is 3.07. The number of ketones is 1. The highest BCUT2D eigenvalue weighted by Gasteiger charge is 2.16. The fourth-order valence-electron chi connectivity index (χ4n) is 3.00. The maximum Gasteiger partial charge on any atom is 0.351 e. The first-order valence-corrected chi connectivity index (χ1v) is 8.10. The van der Waals surface area contributed by atoms with Crippen molar-refractivity contribution in [1.82, 2.24) is 19.2 Å². The van der Waals surface area contributed by atoms with E-state index < -0.39 is 0 Å². The minimum atomic E-state index is -0.388. The van der Waals surface area contributed by atoms with Gasteiger partial charge in [0.2, 0.25) is 0 Å². The van der Waals surface area contributed by atoms with Gasteiger partial charge in [-0.1, -0.05) is 12.1 Å². The van der Waals surface area contributed by atoms with E-state index in [1.165, 1.54) is 9.08 Å². The first-order valence-electron chi connectivity index (χ1n) is 8.10. The number of ether oxygens (including phenoxy) is 1. The van der Waals surface area contributed by atoms with Crippen molar-refractivity contribution in [2.75, 3.05) is 7.11 Å². The Balaban J connectivity index is 1.85. The smallest absolute Gasteiger partial charge is 0.351 e. The third-order valence-electron chi connectivity index (χ3n) is 4.27. The van der Waals surface area contributed by atoms with Crippen molar-refractivity contribution in [2.45, 2.75) is 13.5 Å². The number of rotatable bonds is 4. The van der Waals surface area contributed by atoms with Crippen LogP contribution in [0.1, 0.15) is 16.2 Å². The molecule has 4 aromatic rings. The molecule has 0 spiro atoms. The SMILES string of the molecule is COc1ccc(C(=O)Cn2c(=O)n3nc(C)nc3c3ccccc32)cc1. The Morgan fingerprint density at radius 2 is 1.85 bits per heavy atom. The number of carbonyl (C=O) groups is 1. The first-order chi connectivity index (χ1) is 12.6. The van der Waals surface area contributed by atoms with Gasteiger partial charge in [-0.05, 0) is 43.3 Å². The summed E-state index contributed by atoms with van der Waals surface area (Å²) in [4.78, 5) is 29.9. The minimum absolute atomic E-state index is 0.0828. The van der Waals surface area contributed by atoms with Gasteiger partial charge >= 0.3 is 5.69 Å². The van der Waals surface area contributed by atoms with Crippen LogP contribution in [-0.4, -0.2) is 32.1 Å². The molecule has 7 heteroatoms. The second-order valence-corrected chi connectivity index (χ2v) is 5.93. The van der Waals surface area contributed by atoms with Crippen LogP contribution in [0.2, 0.25) is 0 Å². The molecule has 130 valence electrons. The predicted molar refractivity (Wildman–Crippen MR) is 96.8 cm³/mol. The van der Waals surface area contributed by atoms with E-state index in [2.05, 4.69) is 10.1 Å². The van der Waals surface area contributed by atoms with Crippen LogP contribution in [0.3, 0.4) is 0 Å². The Morgan fingerprint density at radius 1 is 1.12 bits per heavy atom. The molecule has 0 bridgehead atoms. The summed E-state index contributed by atoms with van der Waals surface area (Å²) in [5.41, 5.74) is 1.27. The number of benzene rings is 2. The van der Waals surface area contributed by atoms with Crippen LogP contribution in [-0.2, 0) is 6.54 Å². The van der Waals surface area contributed by atoms with Crippen molar-refractivity contribution in [3.63, 3.8) is 0 Å². The Kier molecular flexibility index (Phi) is 3.76. The van der Waals surface area contributed by atoms with Crippen LogP contribution in [0, 0.1) is 6.92 Å². The number of carbonyl (C=O) groups excluding carboxylic acids is 1. The van der Waals surface area contributed by atoms with Gasteiger partial charge in [0.05, 0.1) is 19.2 Å². The fourth-order valence-corrected chi connectivity index (χ4v) is 3.00. The zero-order chi connectivity index (χ0) is 18.3. The van der Waals surface area contributed by atoms with Gasteiger partial charge in [0, 0.05) is 10.9 Å². The topological polar surface area (TPSA) is 78.5 Å². The van der Waals surface area contributed by atoms with Crippen molar-refractivity contribution in [3.8, 4) is 5.75 Å². The second kappa shape index (κ2) is 6.11. The zero-order valence-electron chi connectivity index (χ0n) is 14.3. The second-order valence-electron chi connectivity index (χ2n) is 5.93. The molecule has 2 heterocycles. The maximum atomic E-state index is 12.9. The minimum Gasteiger partial charge on any atom is -0.497 e. The van der Waals surface area contributed by atoms with Crippen molar-refractivity contribution in [3.05, 3.63) is 70.4 Å². The summed E-state index contributed by atoms with van der Waals surface area (Å²) < 4.78 is 7.79. The van der Waals surface area contributed by atoms with Crippen LogP contribution in [0.4, 0.5) is 0 Å². The molecule has 7 nitrogen and oxygen atoms in total. The molecular weight excluding hydrogens is 332 g/mol. The Labute approximate surface area is 148 Å². The summed E-state index contributed by atoms with van der Waals surface area (Å²) in [7, 11) is 1.57. The van der Waals surface area contributed by atoms with Gasteiger partial charge in [-0.3, -0.25) is 9.36 Å². The van der Waals surface area contributed by atoms with Gasteiger partial charge in [-0.2, -0.15) is 4.52 Å².